The quantitative estimate of drug-likeness (QED) is 0.777. The highest BCUT2D eigenvalue weighted by Gasteiger charge is 2.19. The lowest BCUT2D eigenvalue weighted by Gasteiger charge is -2.25. The fourth-order valence-electron chi connectivity index (χ4n) is 3.20. The number of hydrogen-bond acceptors (Lipinski definition) is 4. The van der Waals surface area contributed by atoms with Gasteiger partial charge in [-0.1, -0.05) is 36.4 Å². The van der Waals surface area contributed by atoms with Crippen molar-refractivity contribution in [2.45, 2.75) is 25.7 Å². The Kier molecular flexibility index (Phi) is 4.50. The molecular weight excluding hydrogens is 330 g/mol. The summed E-state index contributed by atoms with van der Waals surface area (Å²) in [5, 5.41) is 3.36. The van der Waals surface area contributed by atoms with Gasteiger partial charge in [-0.2, -0.15) is 0 Å². The number of para-hydroxylation sites is 1. The monoisotopic (exact) mass is 349 g/mol. The largest absolute Gasteiger partial charge is 0.371 e. The lowest BCUT2D eigenvalue weighted by atomic mass is 9.99. The van der Waals surface area contributed by atoms with E-state index >= 15 is 0 Å². The van der Waals surface area contributed by atoms with Crippen LogP contribution in [0.3, 0.4) is 0 Å². The number of benzene rings is 2. The van der Waals surface area contributed by atoms with Crippen molar-refractivity contribution in [2.24, 2.45) is 0 Å². The standard InChI is InChI=1S/C20H19N3O3/c24-19(11-23-13-22-18-8-4-3-7-17(18)20(23)25)21-10-16-9-14-5-1-2-6-15(14)12-26-16/h1-8,13,16H,9-12H2,(H,21,24). The minimum absolute atomic E-state index is 0.0553. The van der Waals surface area contributed by atoms with Gasteiger partial charge in [-0.3, -0.25) is 14.2 Å². The van der Waals surface area contributed by atoms with Crippen molar-refractivity contribution in [1.82, 2.24) is 14.9 Å². The normalized spacial score (nSPS) is 16.2. The van der Waals surface area contributed by atoms with Crippen molar-refractivity contribution in [3.05, 3.63) is 76.3 Å². The van der Waals surface area contributed by atoms with Crippen LogP contribution in [0.4, 0.5) is 0 Å². The Morgan fingerprint density at radius 2 is 1.92 bits per heavy atom. The van der Waals surface area contributed by atoms with Gasteiger partial charge in [-0.25, -0.2) is 4.98 Å². The molecule has 0 saturated carbocycles. The molecule has 1 aliphatic heterocycles. The van der Waals surface area contributed by atoms with E-state index in [4.69, 9.17) is 4.74 Å². The van der Waals surface area contributed by atoms with Crippen molar-refractivity contribution >= 4 is 16.8 Å². The topological polar surface area (TPSA) is 73.2 Å². The number of rotatable bonds is 4. The van der Waals surface area contributed by atoms with Crippen LogP contribution >= 0.6 is 0 Å². The first-order valence-corrected chi connectivity index (χ1v) is 8.60. The average Bonchev–Trinajstić information content (AvgIpc) is 2.68. The van der Waals surface area contributed by atoms with Crippen molar-refractivity contribution in [2.75, 3.05) is 6.54 Å². The predicted octanol–water partition coefficient (Wildman–Crippen LogP) is 1.65. The van der Waals surface area contributed by atoms with Gasteiger partial charge in [0, 0.05) is 13.0 Å². The number of fused-ring (bicyclic) bond motifs is 2. The van der Waals surface area contributed by atoms with Gasteiger partial charge in [0.05, 0.1) is 29.9 Å². The lowest BCUT2D eigenvalue weighted by Crippen LogP contribution is -2.39. The minimum Gasteiger partial charge on any atom is -0.371 e. The zero-order valence-electron chi connectivity index (χ0n) is 14.2. The number of nitrogens with one attached hydrogen (secondary N) is 1. The van der Waals surface area contributed by atoms with Crippen molar-refractivity contribution in [3.63, 3.8) is 0 Å². The molecular formula is C20H19N3O3. The van der Waals surface area contributed by atoms with Crippen molar-refractivity contribution in [1.29, 1.82) is 0 Å². The van der Waals surface area contributed by atoms with Gasteiger partial charge in [-0.15, -0.1) is 0 Å². The van der Waals surface area contributed by atoms with Gasteiger partial charge >= 0.3 is 0 Å². The Morgan fingerprint density at radius 3 is 2.81 bits per heavy atom. The van der Waals surface area contributed by atoms with Gasteiger partial charge in [0.15, 0.2) is 0 Å². The van der Waals surface area contributed by atoms with Gasteiger partial charge in [-0.05, 0) is 23.3 Å². The molecule has 1 atom stereocenters. The summed E-state index contributed by atoms with van der Waals surface area (Å²) in [7, 11) is 0. The molecule has 0 spiro atoms. The molecule has 6 nitrogen and oxygen atoms in total. The Morgan fingerprint density at radius 1 is 1.15 bits per heavy atom. The molecule has 1 N–H and O–H groups in total. The van der Waals surface area contributed by atoms with E-state index < -0.39 is 0 Å². The SMILES string of the molecule is O=C(Cn1cnc2ccccc2c1=O)NCC1Cc2ccccc2CO1. The fraction of sp³-hybridized carbons (Fsp3) is 0.250. The Labute approximate surface area is 150 Å². The number of ether oxygens (including phenoxy) is 1. The van der Waals surface area contributed by atoms with Crippen molar-refractivity contribution in [3.8, 4) is 0 Å². The molecule has 0 aliphatic carbocycles. The molecule has 3 aromatic rings. The second kappa shape index (κ2) is 7.09. The molecule has 1 aromatic heterocycles. The highest BCUT2D eigenvalue weighted by molar-refractivity contribution is 5.78. The molecule has 132 valence electrons. The predicted molar refractivity (Wildman–Crippen MR) is 97.7 cm³/mol. The lowest BCUT2D eigenvalue weighted by molar-refractivity contribution is -0.122. The zero-order valence-corrected chi connectivity index (χ0v) is 14.2. The van der Waals surface area contributed by atoms with Crippen LogP contribution in [0.1, 0.15) is 11.1 Å². The molecule has 4 rings (SSSR count). The molecule has 0 saturated heterocycles. The maximum atomic E-state index is 12.4. The highest BCUT2D eigenvalue weighted by atomic mass is 16.5. The third kappa shape index (κ3) is 3.36. The van der Waals surface area contributed by atoms with Crippen LogP contribution < -0.4 is 10.9 Å². The molecule has 1 unspecified atom stereocenters. The summed E-state index contributed by atoms with van der Waals surface area (Å²) in [5.74, 6) is -0.230. The van der Waals surface area contributed by atoms with Gasteiger partial charge in [0.2, 0.25) is 5.91 Å². The minimum atomic E-state index is -0.230. The summed E-state index contributed by atoms with van der Waals surface area (Å²) in [6.45, 7) is 0.924. The Balaban J connectivity index is 1.38. The maximum Gasteiger partial charge on any atom is 0.261 e. The Hall–Kier alpha value is -2.99. The molecule has 2 heterocycles. The summed E-state index contributed by atoms with van der Waals surface area (Å²) in [6, 6.07) is 15.3. The summed E-state index contributed by atoms with van der Waals surface area (Å²) in [4.78, 5) is 28.9. The van der Waals surface area contributed by atoms with Crippen LogP contribution in [0.25, 0.3) is 10.9 Å². The van der Waals surface area contributed by atoms with Crippen LogP contribution in [0.15, 0.2) is 59.7 Å². The van der Waals surface area contributed by atoms with Crippen LogP contribution in [0.5, 0.6) is 0 Å². The van der Waals surface area contributed by atoms with Gasteiger partial charge in [0.1, 0.15) is 6.54 Å². The summed E-state index contributed by atoms with van der Waals surface area (Å²) < 4.78 is 7.12. The average molecular weight is 349 g/mol. The third-order valence-corrected chi connectivity index (χ3v) is 4.61. The van der Waals surface area contributed by atoms with Crippen molar-refractivity contribution < 1.29 is 9.53 Å². The van der Waals surface area contributed by atoms with E-state index in [-0.39, 0.29) is 24.1 Å². The Bertz CT molecular complexity index is 1010. The molecule has 1 amide bonds. The fourth-order valence-corrected chi connectivity index (χ4v) is 3.20. The first-order valence-electron chi connectivity index (χ1n) is 8.60. The molecule has 1 aliphatic rings. The number of hydrogen-bond donors (Lipinski definition) is 1. The molecule has 6 heteroatoms. The van der Waals surface area contributed by atoms with Crippen LogP contribution in [-0.2, 0) is 29.1 Å². The number of carbonyl (C=O) groups excluding carboxylic acids is 1. The van der Waals surface area contributed by atoms with Gasteiger partial charge < -0.3 is 10.1 Å². The van der Waals surface area contributed by atoms with E-state index in [9.17, 15) is 9.59 Å². The molecule has 0 fully saturated rings. The van der Waals surface area contributed by atoms with E-state index in [0.717, 1.165) is 6.42 Å². The van der Waals surface area contributed by atoms with E-state index in [2.05, 4.69) is 22.4 Å². The third-order valence-electron chi connectivity index (χ3n) is 4.61. The molecule has 0 radical (unpaired) electrons. The number of amides is 1. The smallest absolute Gasteiger partial charge is 0.261 e. The molecule has 26 heavy (non-hydrogen) atoms. The number of aromatic nitrogens is 2. The van der Waals surface area contributed by atoms with E-state index in [1.165, 1.54) is 22.0 Å². The highest BCUT2D eigenvalue weighted by Crippen LogP contribution is 2.19. The number of nitrogens with zero attached hydrogens (tertiary/aromatic N) is 2. The van der Waals surface area contributed by atoms with Gasteiger partial charge in [0.25, 0.3) is 5.56 Å². The molecule has 2 aromatic carbocycles. The summed E-state index contributed by atoms with van der Waals surface area (Å²) in [6.07, 6.45) is 2.13. The van der Waals surface area contributed by atoms with E-state index in [0.29, 0.717) is 24.1 Å². The van der Waals surface area contributed by atoms with Crippen LogP contribution in [0, 0.1) is 0 Å². The second-order valence-corrected chi connectivity index (χ2v) is 6.40. The second-order valence-electron chi connectivity index (χ2n) is 6.40. The first-order chi connectivity index (χ1) is 12.7. The summed E-state index contributed by atoms with van der Waals surface area (Å²) in [5.41, 5.74) is 2.87. The van der Waals surface area contributed by atoms with Crippen LogP contribution in [0.2, 0.25) is 0 Å². The molecule has 0 bridgehead atoms. The van der Waals surface area contributed by atoms with E-state index in [1.54, 1.807) is 18.2 Å². The maximum absolute atomic E-state index is 12.4. The van der Waals surface area contributed by atoms with E-state index in [1.807, 2.05) is 18.2 Å². The zero-order chi connectivity index (χ0) is 17.9. The summed E-state index contributed by atoms with van der Waals surface area (Å²) >= 11 is 0. The number of carbonyl (C=O) groups is 1. The van der Waals surface area contributed by atoms with Crippen LogP contribution in [-0.4, -0.2) is 28.1 Å². The first kappa shape index (κ1) is 16.5.